The molecule has 9 nitrogen and oxygen atoms in total. The normalized spacial score (nSPS) is 22.7. The predicted octanol–water partition coefficient (Wildman–Crippen LogP) is 1.39. The Bertz CT molecular complexity index is 1370. The Morgan fingerprint density at radius 1 is 1.24 bits per heavy atom. The van der Waals surface area contributed by atoms with Gasteiger partial charge in [-0.3, -0.25) is 14.5 Å². The molecular weight excluding hydrogens is 459 g/mol. The number of carbonyl (C=O) groups excluding carboxylic acids is 1. The van der Waals surface area contributed by atoms with Crippen LogP contribution in [-0.2, 0) is 23.6 Å². The van der Waals surface area contributed by atoms with Crippen molar-refractivity contribution in [3.8, 4) is 0 Å². The molecule has 6 rings (SSSR count). The number of pyridine rings is 1. The number of rotatable bonds is 4. The number of anilines is 1. The molecule has 2 aromatic heterocycles. The second-order valence-electron chi connectivity index (χ2n) is 8.91. The highest BCUT2D eigenvalue weighted by molar-refractivity contribution is 8.00. The fourth-order valence-corrected chi connectivity index (χ4v) is 5.87. The van der Waals surface area contributed by atoms with Crippen LogP contribution in [0.15, 0.2) is 40.2 Å². The third-order valence-electron chi connectivity index (χ3n) is 6.87. The van der Waals surface area contributed by atoms with Gasteiger partial charge in [-0.15, -0.1) is 11.8 Å². The molecule has 0 aliphatic carbocycles. The van der Waals surface area contributed by atoms with E-state index >= 15 is 0 Å². The highest BCUT2D eigenvalue weighted by Gasteiger charge is 2.46. The van der Waals surface area contributed by atoms with Crippen LogP contribution in [0.3, 0.4) is 0 Å². The van der Waals surface area contributed by atoms with Crippen LogP contribution in [0.5, 0.6) is 0 Å². The van der Waals surface area contributed by atoms with Crippen LogP contribution in [-0.4, -0.2) is 55.3 Å². The number of benzene rings is 1. The zero-order valence-electron chi connectivity index (χ0n) is 18.3. The average molecular weight is 483 g/mol. The summed E-state index contributed by atoms with van der Waals surface area (Å²) in [6, 6.07) is 6.30. The molecule has 3 aliphatic heterocycles. The molecule has 1 amide bonds. The summed E-state index contributed by atoms with van der Waals surface area (Å²) in [5.74, 6) is 0.960. The molecule has 1 fully saturated rings. The molecule has 34 heavy (non-hydrogen) atoms. The van der Waals surface area contributed by atoms with Crippen LogP contribution in [0.25, 0.3) is 10.9 Å². The maximum atomic E-state index is 14.9. The maximum Gasteiger partial charge on any atom is 0.251 e. The number of piperidine rings is 1. The lowest BCUT2D eigenvalue weighted by Crippen LogP contribution is -2.53. The van der Waals surface area contributed by atoms with Gasteiger partial charge in [0.25, 0.3) is 5.56 Å². The van der Waals surface area contributed by atoms with Gasteiger partial charge in [0.05, 0.1) is 34.8 Å². The first-order valence-corrected chi connectivity index (χ1v) is 12.2. The number of thioether (sulfide) groups is 1. The Morgan fingerprint density at radius 2 is 2.03 bits per heavy atom. The van der Waals surface area contributed by atoms with Gasteiger partial charge in [0.1, 0.15) is 17.5 Å². The van der Waals surface area contributed by atoms with Crippen molar-refractivity contribution >= 4 is 34.4 Å². The maximum absolute atomic E-state index is 14.9. The van der Waals surface area contributed by atoms with Crippen molar-refractivity contribution in [1.29, 1.82) is 0 Å². The summed E-state index contributed by atoms with van der Waals surface area (Å²) >= 11 is 1.42. The summed E-state index contributed by atoms with van der Waals surface area (Å²) < 4.78 is 16.4. The zero-order chi connectivity index (χ0) is 23.4. The van der Waals surface area contributed by atoms with Crippen molar-refractivity contribution < 1.29 is 14.3 Å². The number of hydrogen-bond acceptors (Lipinski definition) is 8. The fourth-order valence-electron chi connectivity index (χ4n) is 5.15. The Labute approximate surface area is 198 Å². The summed E-state index contributed by atoms with van der Waals surface area (Å²) in [7, 11) is 0. The molecule has 5 heterocycles. The molecule has 11 heteroatoms. The number of aliphatic hydroxyl groups is 1. The van der Waals surface area contributed by atoms with Crippen LogP contribution < -0.4 is 16.2 Å². The van der Waals surface area contributed by atoms with Gasteiger partial charge in [-0.25, -0.2) is 14.4 Å². The summed E-state index contributed by atoms with van der Waals surface area (Å²) in [5, 5.41) is 18.6. The Morgan fingerprint density at radius 3 is 2.85 bits per heavy atom. The number of fused-ring (bicyclic) bond motifs is 1. The minimum Gasteiger partial charge on any atom is -0.369 e. The largest absolute Gasteiger partial charge is 0.369 e. The van der Waals surface area contributed by atoms with E-state index in [-0.39, 0.29) is 29.6 Å². The van der Waals surface area contributed by atoms with Gasteiger partial charge >= 0.3 is 0 Å². The lowest BCUT2D eigenvalue weighted by molar-refractivity contribution is -0.132. The van der Waals surface area contributed by atoms with Crippen LogP contribution in [0.1, 0.15) is 24.2 Å². The highest BCUT2D eigenvalue weighted by atomic mass is 32.2. The van der Waals surface area contributed by atoms with Crippen LogP contribution in [0.4, 0.5) is 10.2 Å². The van der Waals surface area contributed by atoms with E-state index in [0.29, 0.717) is 42.5 Å². The number of aromatic nitrogens is 3. The Kier molecular flexibility index (Phi) is 5.17. The van der Waals surface area contributed by atoms with Gasteiger partial charge in [-0.2, -0.15) is 0 Å². The van der Waals surface area contributed by atoms with Crippen molar-refractivity contribution in [2.24, 2.45) is 0 Å². The minimum absolute atomic E-state index is 0.0181. The van der Waals surface area contributed by atoms with Gasteiger partial charge in [-0.1, -0.05) is 0 Å². The average Bonchev–Trinajstić information content (AvgIpc) is 3.18. The molecule has 1 aromatic carbocycles. The summed E-state index contributed by atoms with van der Waals surface area (Å²) in [6.07, 6.45) is 3.21. The molecule has 3 aliphatic rings. The summed E-state index contributed by atoms with van der Waals surface area (Å²) in [6.45, 7) is 1.57. The van der Waals surface area contributed by atoms with E-state index in [2.05, 4.69) is 20.6 Å². The third kappa shape index (κ3) is 3.50. The number of amides is 1. The topological polar surface area (TPSA) is 112 Å². The SMILES string of the molecule is O=C1CSc2cnc(CNC3CCN(C4(O)Cn5c(=O)ccc6ccc(F)c4c65)CC3)nc2N1. The van der Waals surface area contributed by atoms with Crippen LogP contribution in [0.2, 0.25) is 0 Å². The number of nitrogens with one attached hydrogen (secondary N) is 2. The van der Waals surface area contributed by atoms with E-state index in [0.717, 1.165) is 23.1 Å². The molecule has 176 valence electrons. The molecule has 0 bridgehead atoms. The number of halogens is 1. The monoisotopic (exact) mass is 482 g/mol. The number of hydrogen-bond donors (Lipinski definition) is 3. The molecule has 1 atom stereocenters. The van der Waals surface area contributed by atoms with Crippen molar-refractivity contribution in [1.82, 2.24) is 24.8 Å². The third-order valence-corrected chi connectivity index (χ3v) is 7.88. The Hall–Kier alpha value is -2.86. The zero-order valence-corrected chi connectivity index (χ0v) is 19.1. The quantitative estimate of drug-likeness (QED) is 0.512. The van der Waals surface area contributed by atoms with Gasteiger partial charge in [-0.05, 0) is 36.4 Å². The van der Waals surface area contributed by atoms with Crippen LogP contribution in [0, 0.1) is 5.82 Å². The number of likely N-dealkylation sites (tertiary alicyclic amines) is 1. The summed E-state index contributed by atoms with van der Waals surface area (Å²) in [4.78, 5) is 35.6. The first-order chi connectivity index (χ1) is 16.4. The van der Waals surface area contributed by atoms with E-state index in [4.69, 9.17) is 0 Å². The van der Waals surface area contributed by atoms with Crippen molar-refractivity contribution in [3.05, 3.63) is 58.0 Å². The number of carbonyl (C=O) groups is 1. The van der Waals surface area contributed by atoms with Gasteiger partial charge < -0.3 is 20.3 Å². The van der Waals surface area contributed by atoms with Gasteiger partial charge in [0.15, 0.2) is 5.72 Å². The second kappa shape index (κ2) is 8.12. The Balaban J connectivity index is 1.14. The van der Waals surface area contributed by atoms with E-state index in [9.17, 15) is 19.1 Å². The van der Waals surface area contributed by atoms with E-state index < -0.39 is 11.5 Å². The van der Waals surface area contributed by atoms with Crippen LogP contribution >= 0.6 is 11.8 Å². The van der Waals surface area contributed by atoms with E-state index in [1.54, 1.807) is 18.3 Å². The molecule has 1 saturated heterocycles. The van der Waals surface area contributed by atoms with Crippen molar-refractivity contribution in [2.45, 2.75) is 42.6 Å². The summed E-state index contributed by atoms with van der Waals surface area (Å²) in [5.41, 5.74) is -1.13. The molecule has 3 aromatic rings. The minimum atomic E-state index is -1.56. The standard InChI is InChI=1S/C23H23FN6O3S/c24-15-3-1-13-2-4-19(32)30-12-23(33,20(15)21(13)30)29-7-5-14(6-8-29)25-10-17-26-9-16-22(27-17)28-18(31)11-34-16/h1-4,9,14,25,33H,5-8,10-12H2,(H,26,27,28,31). The highest BCUT2D eigenvalue weighted by Crippen LogP contribution is 2.41. The number of nitrogens with zero attached hydrogens (tertiary/aromatic N) is 4. The van der Waals surface area contributed by atoms with Crippen molar-refractivity contribution in [3.63, 3.8) is 0 Å². The predicted molar refractivity (Wildman–Crippen MR) is 125 cm³/mol. The second-order valence-corrected chi connectivity index (χ2v) is 9.93. The molecule has 0 spiro atoms. The van der Waals surface area contributed by atoms with E-state index in [1.165, 1.54) is 28.5 Å². The van der Waals surface area contributed by atoms with Gasteiger partial charge in [0.2, 0.25) is 5.91 Å². The van der Waals surface area contributed by atoms with E-state index in [1.807, 2.05) is 4.90 Å². The lowest BCUT2D eigenvalue weighted by Gasteiger charge is -2.41. The lowest BCUT2D eigenvalue weighted by atomic mass is 9.96. The molecule has 0 saturated carbocycles. The first kappa shape index (κ1) is 21.7. The van der Waals surface area contributed by atoms with Gasteiger partial charge in [0, 0.05) is 31.4 Å². The molecule has 1 unspecified atom stereocenters. The fraction of sp³-hybridized carbons (Fsp3) is 0.391. The van der Waals surface area contributed by atoms with Crippen molar-refractivity contribution in [2.75, 3.05) is 24.2 Å². The smallest absolute Gasteiger partial charge is 0.251 e. The first-order valence-electron chi connectivity index (χ1n) is 11.2. The molecular formula is C23H23FN6O3S. The molecule has 3 N–H and O–H groups in total. The molecule has 0 radical (unpaired) electrons.